The zero-order valence-electron chi connectivity index (χ0n) is 15.1. The maximum absolute atomic E-state index is 11.6. The van der Waals surface area contributed by atoms with Gasteiger partial charge >= 0.3 is 0 Å². The van der Waals surface area contributed by atoms with Gasteiger partial charge in [0.2, 0.25) is 5.91 Å². The molecule has 1 aliphatic carbocycles. The third-order valence-electron chi connectivity index (χ3n) is 4.14. The Balaban J connectivity index is 1.77. The molecule has 0 radical (unpaired) electrons. The molecule has 0 saturated heterocycles. The Bertz CT molecular complexity index is 566. The Kier molecular flexibility index (Phi) is 7.09. The van der Waals surface area contributed by atoms with Gasteiger partial charge in [-0.2, -0.15) is 0 Å². The largest absolute Gasteiger partial charge is 0.357 e. The standard InChI is InChI=1S/C19H30N4O/c1-4-20-19(22-11-10-21-18(24)16-8-9-16)23-13-15(3)17-7-5-6-14(2)12-17/h5-7,12,15-16H,4,8-11,13H2,1-3H3,(H,21,24)(H2,20,22,23). The number of amides is 1. The lowest BCUT2D eigenvalue weighted by molar-refractivity contribution is -0.122. The van der Waals surface area contributed by atoms with Gasteiger partial charge in [0, 0.05) is 38.0 Å². The van der Waals surface area contributed by atoms with E-state index < -0.39 is 0 Å². The Morgan fingerprint density at radius 1 is 1.25 bits per heavy atom. The minimum Gasteiger partial charge on any atom is -0.357 e. The smallest absolute Gasteiger partial charge is 0.223 e. The van der Waals surface area contributed by atoms with Gasteiger partial charge in [-0.15, -0.1) is 0 Å². The van der Waals surface area contributed by atoms with Crippen LogP contribution in [0.1, 0.15) is 43.7 Å². The lowest BCUT2D eigenvalue weighted by atomic mass is 10.00. The predicted octanol–water partition coefficient (Wildman–Crippen LogP) is 2.18. The van der Waals surface area contributed by atoms with Crippen LogP contribution in [0.4, 0.5) is 0 Å². The summed E-state index contributed by atoms with van der Waals surface area (Å²) in [5.41, 5.74) is 2.59. The molecule has 0 spiro atoms. The minimum absolute atomic E-state index is 0.187. The molecule has 0 bridgehead atoms. The van der Waals surface area contributed by atoms with E-state index in [0.29, 0.717) is 19.0 Å². The monoisotopic (exact) mass is 330 g/mol. The molecule has 1 aromatic rings. The molecule has 1 aliphatic rings. The first kappa shape index (κ1) is 18.3. The minimum atomic E-state index is 0.187. The lowest BCUT2D eigenvalue weighted by Gasteiger charge is -2.14. The van der Waals surface area contributed by atoms with E-state index in [1.54, 1.807) is 0 Å². The van der Waals surface area contributed by atoms with Gasteiger partial charge in [0.15, 0.2) is 5.96 Å². The number of carbonyl (C=O) groups excluding carboxylic acids is 1. The maximum atomic E-state index is 11.6. The van der Waals surface area contributed by atoms with Crippen LogP contribution in [0, 0.1) is 12.8 Å². The fraction of sp³-hybridized carbons (Fsp3) is 0.579. The lowest BCUT2D eigenvalue weighted by Crippen LogP contribution is -2.42. The number of carbonyl (C=O) groups is 1. The molecule has 1 saturated carbocycles. The number of nitrogens with zero attached hydrogens (tertiary/aromatic N) is 1. The van der Waals surface area contributed by atoms with Crippen molar-refractivity contribution in [2.24, 2.45) is 10.9 Å². The van der Waals surface area contributed by atoms with Crippen LogP contribution >= 0.6 is 0 Å². The van der Waals surface area contributed by atoms with Crippen molar-refractivity contribution in [2.45, 2.75) is 39.5 Å². The summed E-state index contributed by atoms with van der Waals surface area (Å²) in [6.07, 6.45) is 2.08. The zero-order chi connectivity index (χ0) is 17.4. The van der Waals surface area contributed by atoms with Gasteiger partial charge in [-0.25, -0.2) is 0 Å². The van der Waals surface area contributed by atoms with Crippen LogP contribution in [0.2, 0.25) is 0 Å². The highest BCUT2D eigenvalue weighted by molar-refractivity contribution is 5.81. The summed E-state index contributed by atoms with van der Waals surface area (Å²) in [5.74, 6) is 1.63. The fourth-order valence-corrected chi connectivity index (χ4v) is 2.51. The molecule has 0 heterocycles. The molecule has 24 heavy (non-hydrogen) atoms. The molecule has 132 valence electrons. The number of aliphatic imine (C=N–C) groups is 1. The summed E-state index contributed by atoms with van der Waals surface area (Å²) in [5, 5.41) is 9.48. The van der Waals surface area contributed by atoms with E-state index in [2.05, 4.69) is 66.0 Å². The first-order valence-corrected chi connectivity index (χ1v) is 8.96. The number of guanidine groups is 1. The molecule has 1 amide bonds. The van der Waals surface area contributed by atoms with Gasteiger partial charge < -0.3 is 16.0 Å². The summed E-state index contributed by atoms with van der Waals surface area (Å²) in [7, 11) is 0. The van der Waals surface area contributed by atoms with E-state index in [-0.39, 0.29) is 11.8 Å². The predicted molar refractivity (Wildman–Crippen MR) is 99.3 cm³/mol. The van der Waals surface area contributed by atoms with Crippen molar-refractivity contribution in [2.75, 3.05) is 26.2 Å². The van der Waals surface area contributed by atoms with Crippen molar-refractivity contribution < 1.29 is 4.79 Å². The van der Waals surface area contributed by atoms with Crippen LogP contribution in [0.5, 0.6) is 0 Å². The van der Waals surface area contributed by atoms with Crippen molar-refractivity contribution >= 4 is 11.9 Å². The van der Waals surface area contributed by atoms with E-state index in [4.69, 9.17) is 0 Å². The summed E-state index contributed by atoms with van der Waals surface area (Å²) < 4.78 is 0. The van der Waals surface area contributed by atoms with Gasteiger partial charge in [0.05, 0.1) is 0 Å². The Labute approximate surface area is 145 Å². The van der Waals surface area contributed by atoms with Gasteiger partial charge in [-0.3, -0.25) is 9.79 Å². The molecule has 1 fully saturated rings. The van der Waals surface area contributed by atoms with Crippen molar-refractivity contribution in [1.29, 1.82) is 0 Å². The van der Waals surface area contributed by atoms with E-state index in [1.165, 1.54) is 11.1 Å². The van der Waals surface area contributed by atoms with E-state index in [1.807, 2.05) is 0 Å². The first-order chi connectivity index (χ1) is 11.6. The van der Waals surface area contributed by atoms with Crippen molar-refractivity contribution in [3.8, 4) is 0 Å². The molecule has 1 unspecified atom stereocenters. The molecule has 0 aromatic heterocycles. The number of hydrogen-bond acceptors (Lipinski definition) is 2. The van der Waals surface area contributed by atoms with Crippen LogP contribution in [-0.4, -0.2) is 38.0 Å². The van der Waals surface area contributed by atoms with Gasteiger partial charge in [0.25, 0.3) is 0 Å². The Hall–Kier alpha value is -2.04. The van der Waals surface area contributed by atoms with Crippen LogP contribution in [-0.2, 0) is 4.79 Å². The molecule has 1 atom stereocenters. The third kappa shape index (κ3) is 6.22. The highest BCUT2D eigenvalue weighted by atomic mass is 16.2. The maximum Gasteiger partial charge on any atom is 0.223 e. The van der Waals surface area contributed by atoms with E-state index >= 15 is 0 Å². The first-order valence-electron chi connectivity index (χ1n) is 8.96. The van der Waals surface area contributed by atoms with Crippen LogP contribution in [0.25, 0.3) is 0 Å². The molecular formula is C19H30N4O. The summed E-state index contributed by atoms with van der Waals surface area (Å²) in [6.45, 7) is 9.22. The van der Waals surface area contributed by atoms with Gasteiger partial charge in [-0.05, 0) is 32.3 Å². The number of hydrogen-bond donors (Lipinski definition) is 3. The highest BCUT2D eigenvalue weighted by Crippen LogP contribution is 2.28. The second-order valence-electron chi connectivity index (χ2n) is 6.53. The Morgan fingerprint density at radius 3 is 2.67 bits per heavy atom. The molecular weight excluding hydrogens is 300 g/mol. The second kappa shape index (κ2) is 9.30. The average molecular weight is 330 g/mol. The van der Waals surface area contributed by atoms with Crippen LogP contribution < -0.4 is 16.0 Å². The summed E-state index contributed by atoms with van der Waals surface area (Å²) >= 11 is 0. The number of aryl methyl sites for hydroxylation is 1. The zero-order valence-corrected chi connectivity index (χ0v) is 15.1. The van der Waals surface area contributed by atoms with Crippen LogP contribution in [0.3, 0.4) is 0 Å². The third-order valence-corrected chi connectivity index (χ3v) is 4.14. The molecule has 0 aliphatic heterocycles. The number of rotatable bonds is 8. The molecule has 5 heteroatoms. The molecule has 2 rings (SSSR count). The van der Waals surface area contributed by atoms with E-state index in [0.717, 1.165) is 31.9 Å². The van der Waals surface area contributed by atoms with Crippen molar-refractivity contribution in [3.05, 3.63) is 35.4 Å². The van der Waals surface area contributed by atoms with Crippen molar-refractivity contribution in [3.63, 3.8) is 0 Å². The molecule has 5 nitrogen and oxygen atoms in total. The van der Waals surface area contributed by atoms with Crippen LogP contribution in [0.15, 0.2) is 29.3 Å². The van der Waals surface area contributed by atoms with Gasteiger partial charge in [0.1, 0.15) is 0 Å². The van der Waals surface area contributed by atoms with Crippen molar-refractivity contribution in [1.82, 2.24) is 16.0 Å². The Morgan fingerprint density at radius 2 is 2.00 bits per heavy atom. The highest BCUT2D eigenvalue weighted by Gasteiger charge is 2.28. The van der Waals surface area contributed by atoms with Gasteiger partial charge in [-0.1, -0.05) is 36.8 Å². The summed E-state index contributed by atoms with van der Waals surface area (Å²) in [4.78, 5) is 16.3. The molecule has 3 N–H and O–H groups in total. The normalized spacial score (nSPS) is 15.7. The quantitative estimate of drug-likeness (QED) is 0.389. The molecule has 1 aromatic carbocycles. The SMILES string of the molecule is CCNC(=NCC(C)c1cccc(C)c1)NCCNC(=O)C1CC1. The number of benzene rings is 1. The fourth-order valence-electron chi connectivity index (χ4n) is 2.51. The topological polar surface area (TPSA) is 65.5 Å². The summed E-state index contributed by atoms with van der Waals surface area (Å²) in [6, 6.07) is 8.58. The second-order valence-corrected chi connectivity index (χ2v) is 6.53. The average Bonchev–Trinajstić information content (AvgIpc) is 3.41. The number of nitrogens with one attached hydrogen (secondary N) is 3. The van der Waals surface area contributed by atoms with E-state index in [9.17, 15) is 4.79 Å².